The van der Waals surface area contributed by atoms with Crippen LogP contribution in [0.4, 0.5) is 0 Å². The third-order valence-electron chi connectivity index (χ3n) is 4.31. The van der Waals surface area contributed by atoms with E-state index in [1.165, 1.54) is 0 Å². The highest BCUT2D eigenvalue weighted by Crippen LogP contribution is 2.35. The highest BCUT2D eigenvalue weighted by molar-refractivity contribution is 6.31. The summed E-state index contributed by atoms with van der Waals surface area (Å²) in [5.74, 6) is 1.35. The zero-order valence-corrected chi connectivity index (χ0v) is 15.3. The van der Waals surface area contributed by atoms with E-state index in [0.29, 0.717) is 42.8 Å². The second kappa shape index (κ2) is 9.47. The molecule has 0 aliphatic carbocycles. The van der Waals surface area contributed by atoms with Gasteiger partial charge in [-0.1, -0.05) is 18.5 Å². The molecule has 1 fully saturated rings. The number of benzene rings is 1. The number of hydrogen-bond acceptors (Lipinski definition) is 5. The lowest BCUT2D eigenvalue weighted by Crippen LogP contribution is -2.44. The van der Waals surface area contributed by atoms with Crippen LogP contribution in [0.25, 0.3) is 0 Å². The van der Waals surface area contributed by atoms with E-state index in [1.54, 1.807) is 0 Å². The number of β-amino-alcohol motifs (C(OH)–C–C–N with tert-alkyl or cyclic N) is 1. The van der Waals surface area contributed by atoms with E-state index < -0.39 is 6.10 Å². The zero-order valence-electron chi connectivity index (χ0n) is 14.5. The first-order chi connectivity index (χ1) is 11.6. The summed E-state index contributed by atoms with van der Waals surface area (Å²) in [5.41, 5.74) is 0.957. The van der Waals surface area contributed by atoms with Gasteiger partial charge in [-0.3, -0.25) is 4.90 Å². The second-order valence-corrected chi connectivity index (χ2v) is 6.61. The number of aliphatic hydroxyl groups excluding tert-OH is 2. The maximum absolute atomic E-state index is 10.1. The molecular weight excluding hydrogens is 330 g/mol. The van der Waals surface area contributed by atoms with Gasteiger partial charge in [-0.15, -0.1) is 0 Å². The van der Waals surface area contributed by atoms with Crippen molar-refractivity contribution in [1.29, 1.82) is 0 Å². The number of ether oxygens (including phenoxy) is 2. The van der Waals surface area contributed by atoms with Crippen LogP contribution in [0.2, 0.25) is 5.02 Å². The normalized spacial score (nSPS) is 21.7. The van der Waals surface area contributed by atoms with Crippen LogP contribution in [0, 0.1) is 5.92 Å². The van der Waals surface area contributed by atoms with Gasteiger partial charge in [0.1, 0.15) is 0 Å². The fraction of sp³-hybridized carbons (Fsp3) is 0.667. The van der Waals surface area contributed by atoms with E-state index in [-0.39, 0.29) is 12.5 Å². The monoisotopic (exact) mass is 357 g/mol. The standard InChI is InChI=1S/C18H28ClNO4/c1-3-7-24-18-9-15(19)14(8-17(18)23-4-2)10-20-6-5-13(12-21)16(22)11-20/h8-9,13,16,21-22H,3-7,10-12H2,1-2H3/t13-,16-/m1/s1. The van der Waals surface area contributed by atoms with E-state index in [9.17, 15) is 10.2 Å². The van der Waals surface area contributed by atoms with Gasteiger partial charge in [0, 0.05) is 36.7 Å². The topological polar surface area (TPSA) is 62.2 Å². The average molecular weight is 358 g/mol. The molecule has 0 spiro atoms. The smallest absolute Gasteiger partial charge is 0.162 e. The van der Waals surface area contributed by atoms with Crippen LogP contribution in [0.5, 0.6) is 11.5 Å². The van der Waals surface area contributed by atoms with Crippen molar-refractivity contribution in [3.05, 3.63) is 22.7 Å². The van der Waals surface area contributed by atoms with Crippen LogP contribution in [0.1, 0.15) is 32.3 Å². The summed E-state index contributed by atoms with van der Waals surface area (Å²) < 4.78 is 11.4. The van der Waals surface area contributed by atoms with Gasteiger partial charge in [-0.25, -0.2) is 0 Å². The molecule has 2 N–H and O–H groups in total. The van der Waals surface area contributed by atoms with Gasteiger partial charge < -0.3 is 19.7 Å². The average Bonchev–Trinajstić information content (AvgIpc) is 2.56. The number of halogens is 1. The third kappa shape index (κ3) is 4.99. The molecule has 1 aliphatic rings. The predicted octanol–water partition coefficient (Wildman–Crippen LogP) is 2.70. The molecule has 6 heteroatoms. The predicted molar refractivity (Wildman–Crippen MR) is 94.9 cm³/mol. The number of aliphatic hydroxyl groups is 2. The van der Waals surface area contributed by atoms with Crippen LogP contribution in [-0.2, 0) is 6.54 Å². The molecule has 0 bridgehead atoms. The molecule has 0 radical (unpaired) electrons. The molecule has 1 heterocycles. The van der Waals surface area contributed by atoms with Crippen molar-refractivity contribution in [3.63, 3.8) is 0 Å². The van der Waals surface area contributed by atoms with Crippen LogP contribution in [0.3, 0.4) is 0 Å². The second-order valence-electron chi connectivity index (χ2n) is 6.21. The number of likely N-dealkylation sites (tertiary alicyclic amines) is 1. The van der Waals surface area contributed by atoms with Crippen molar-refractivity contribution in [2.45, 2.75) is 39.3 Å². The molecule has 1 aromatic carbocycles. The van der Waals surface area contributed by atoms with Gasteiger partial charge in [-0.05, 0) is 37.9 Å². The molecule has 0 amide bonds. The Balaban J connectivity index is 2.10. The number of nitrogens with zero attached hydrogens (tertiary/aromatic N) is 1. The number of rotatable bonds is 8. The first kappa shape index (κ1) is 19.3. The number of piperidine rings is 1. The quantitative estimate of drug-likeness (QED) is 0.749. The summed E-state index contributed by atoms with van der Waals surface area (Å²) in [6.45, 7) is 7.22. The van der Waals surface area contributed by atoms with Crippen LogP contribution >= 0.6 is 11.6 Å². The molecule has 0 saturated carbocycles. The maximum atomic E-state index is 10.1. The van der Waals surface area contributed by atoms with Gasteiger partial charge in [-0.2, -0.15) is 0 Å². The van der Waals surface area contributed by atoms with Crippen molar-refractivity contribution in [2.75, 3.05) is 32.9 Å². The van der Waals surface area contributed by atoms with Crippen molar-refractivity contribution < 1.29 is 19.7 Å². The van der Waals surface area contributed by atoms with E-state index in [1.807, 2.05) is 19.1 Å². The Labute approximate surface area is 149 Å². The van der Waals surface area contributed by atoms with Gasteiger partial charge >= 0.3 is 0 Å². The molecule has 2 rings (SSSR count). The Morgan fingerprint density at radius 1 is 1.25 bits per heavy atom. The molecule has 5 nitrogen and oxygen atoms in total. The molecule has 1 aromatic rings. The Bertz CT molecular complexity index is 526. The van der Waals surface area contributed by atoms with Crippen molar-refractivity contribution >= 4 is 11.6 Å². The van der Waals surface area contributed by atoms with Gasteiger partial charge in [0.2, 0.25) is 0 Å². The van der Waals surface area contributed by atoms with Crippen LogP contribution in [-0.4, -0.2) is 54.1 Å². The minimum Gasteiger partial charge on any atom is -0.490 e. The maximum Gasteiger partial charge on any atom is 0.162 e. The van der Waals surface area contributed by atoms with Gasteiger partial charge in [0.05, 0.1) is 19.3 Å². The van der Waals surface area contributed by atoms with Crippen LogP contribution in [0.15, 0.2) is 12.1 Å². The molecular formula is C18H28ClNO4. The Hall–Kier alpha value is -1.01. The summed E-state index contributed by atoms with van der Waals surface area (Å²) >= 11 is 6.43. The van der Waals surface area contributed by atoms with Gasteiger partial charge in [0.15, 0.2) is 11.5 Å². The summed E-state index contributed by atoms with van der Waals surface area (Å²) in [4.78, 5) is 2.15. The van der Waals surface area contributed by atoms with Gasteiger partial charge in [0.25, 0.3) is 0 Å². The highest BCUT2D eigenvalue weighted by Gasteiger charge is 2.27. The SMILES string of the molecule is CCCOc1cc(Cl)c(CN2CC[C@H](CO)[C@H](O)C2)cc1OCC. The summed E-state index contributed by atoms with van der Waals surface area (Å²) in [6.07, 6.45) is 1.20. The Morgan fingerprint density at radius 2 is 2.00 bits per heavy atom. The summed E-state index contributed by atoms with van der Waals surface area (Å²) in [5, 5.41) is 20.0. The first-order valence-electron chi connectivity index (χ1n) is 8.68. The summed E-state index contributed by atoms with van der Waals surface area (Å²) in [6, 6.07) is 3.75. The largest absolute Gasteiger partial charge is 0.490 e. The third-order valence-corrected chi connectivity index (χ3v) is 4.66. The molecule has 1 saturated heterocycles. The lowest BCUT2D eigenvalue weighted by Gasteiger charge is -2.35. The van der Waals surface area contributed by atoms with Crippen molar-refractivity contribution in [1.82, 2.24) is 4.90 Å². The van der Waals surface area contributed by atoms with E-state index in [4.69, 9.17) is 21.1 Å². The zero-order chi connectivity index (χ0) is 17.5. The van der Waals surface area contributed by atoms with E-state index in [2.05, 4.69) is 11.8 Å². The first-order valence-corrected chi connectivity index (χ1v) is 9.06. The molecule has 136 valence electrons. The molecule has 2 atom stereocenters. The minimum atomic E-state index is -0.499. The number of hydrogen-bond donors (Lipinski definition) is 2. The Kier molecular flexibility index (Phi) is 7.62. The fourth-order valence-corrected chi connectivity index (χ4v) is 3.15. The van der Waals surface area contributed by atoms with E-state index >= 15 is 0 Å². The van der Waals surface area contributed by atoms with Crippen molar-refractivity contribution in [2.24, 2.45) is 5.92 Å². The molecule has 1 aliphatic heterocycles. The van der Waals surface area contributed by atoms with Crippen molar-refractivity contribution in [3.8, 4) is 11.5 Å². The lowest BCUT2D eigenvalue weighted by atomic mass is 9.94. The molecule has 0 unspecified atom stereocenters. The molecule has 0 aromatic heterocycles. The minimum absolute atomic E-state index is 0.0273. The van der Waals surface area contributed by atoms with Crippen LogP contribution < -0.4 is 9.47 Å². The van der Waals surface area contributed by atoms with E-state index in [0.717, 1.165) is 24.9 Å². The molecule has 24 heavy (non-hydrogen) atoms. The Morgan fingerprint density at radius 3 is 2.62 bits per heavy atom. The highest BCUT2D eigenvalue weighted by atomic mass is 35.5. The summed E-state index contributed by atoms with van der Waals surface area (Å²) in [7, 11) is 0. The lowest BCUT2D eigenvalue weighted by molar-refractivity contribution is -0.00445. The fourth-order valence-electron chi connectivity index (χ4n) is 2.93.